The minimum atomic E-state index is -3.74. The molecule has 0 radical (unpaired) electrons. The lowest BCUT2D eigenvalue weighted by atomic mass is 10.0. The van der Waals surface area contributed by atoms with Crippen LogP contribution >= 0.6 is 11.8 Å². The van der Waals surface area contributed by atoms with Crippen LogP contribution in [0.15, 0.2) is 32.5 Å². The van der Waals surface area contributed by atoms with E-state index >= 15 is 0 Å². The van der Waals surface area contributed by atoms with Crippen molar-refractivity contribution in [1.29, 1.82) is 0 Å². The van der Waals surface area contributed by atoms with Crippen molar-refractivity contribution in [3.05, 3.63) is 45.3 Å². The first-order valence-corrected chi connectivity index (χ1v) is 11.5. The quantitative estimate of drug-likeness (QED) is 0.392. The molecular formula is C18H23N3O5S2. The number of nitro benzene ring substituents is 1. The summed E-state index contributed by atoms with van der Waals surface area (Å²) in [5.41, 5.74) is 1.42. The predicted octanol–water partition coefficient (Wildman–Crippen LogP) is 3.91. The van der Waals surface area contributed by atoms with Gasteiger partial charge in [0.25, 0.3) is 5.69 Å². The summed E-state index contributed by atoms with van der Waals surface area (Å²) in [7, 11) is -3.74. The first-order chi connectivity index (χ1) is 13.2. The Morgan fingerprint density at radius 3 is 2.75 bits per heavy atom. The lowest BCUT2D eigenvalue weighted by molar-refractivity contribution is -0.388. The van der Waals surface area contributed by atoms with E-state index in [1.807, 2.05) is 13.8 Å². The number of benzene rings is 1. The highest BCUT2D eigenvalue weighted by Gasteiger charge is 2.30. The van der Waals surface area contributed by atoms with Gasteiger partial charge >= 0.3 is 0 Å². The van der Waals surface area contributed by atoms with Gasteiger partial charge in [-0.15, -0.1) is 11.8 Å². The Morgan fingerprint density at radius 1 is 1.39 bits per heavy atom. The minimum Gasteiger partial charge on any atom is -0.361 e. The zero-order valence-electron chi connectivity index (χ0n) is 16.0. The molecule has 0 aliphatic carbocycles. The molecule has 1 aromatic carbocycles. The molecule has 152 valence electrons. The van der Waals surface area contributed by atoms with Gasteiger partial charge in [0, 0.05) is 30.5 Å². The molecule has 0 bridgehead atoms. The van der Waals surface area contributed by atoms with E-state index in [1.165, 1.54) is 34.3 Å². The van der Waals surface area contributed by atoms with E-state index in [1.54, 1.807) is 6.92 Å². The Balaban J connectivity index is 1.87. The van der Waals surface area contributed by atoms with Crippen molar-refractivity contribution in [1.82, 2.24) is 9.46 Å². The van der Waals surface area contributed by atoms with Gasteiger partial charge in [-0.25, -0.2) is 8.42 Å². The van der Waals surface area contributed by atoms with Crippen molar-refractivity contribution in [3.63, 3.8) is 0 Å². The first kappa shape index (κ1) is 20.8. The predicted molar refractivity (Wildman–Crippen MR) is 106 cm³/mol. The Kier molecular flexibility index (Phi) is 6.11. The van der Waals surface area contributed by atoms with Gasteiger partial charge in [0.2, 0.25) is 10.0 Å². The summed E-state index contributed by atoms with van der Waals surface area (Å²) in [6, 6.07) is 4.14. The molecule has 3 rings (SSSR count). The molecule has 0 amide bonds. The first-order valence-electron chi connectivity index (χ1n) is 9.03. The van der Waals surface area contributed by atoms with Gasteiger partial charge in [-0.2, -0.15) is 4.31 Å². The van der Waals surface area contributed by atoms with Crippen LogP contribution in [0.25, 0.3) is 0 Å². The summed E-state index contributed by atoms with van der Waals surface area (Å²) in [6.45, 7) is 6.51. The Labute approximate surface area is 168 Å². The highest BCUT2D eigenvalue weighted by atomic mass is 32.2. The largest absolute Gasteiger partial charge is 0.361 e. The number of aromatic nitrogens is 1. The second-order valence-electron chi connectivity index (χ2n) is 7.09. The van der Waals surface area contributed by atoms with E-state index in [9.17, 15) is 18.5 Å². The smallest absolute Gasteiger partial charge is 0.284 e. The van der Waals surface area contributed by atoms with Gasteiger partial charge < -0.3 is 4.52 Å². The maximum absolute atomic E-state index is 12.9. The maximum Gasteiger partial charge on any atom is 0.284 e. The third-order valence-electron chi connectivity index (χ3n) is 4.94. The highest BCUT2D eigenvalue weighted by Crippen LogP contribution is 2.35. The summed E-state index contributed by atoms with van der Waals surface area (Å²) in [5, 5.41) is 15.5. The van der Waals surface area contributed by atoms with E-state index in [0.29, 0.717) is 29.5 Å². The van der Waals surface area contributed by atoms with Crippen molar-refractivity contribution in [2.75, 3.05) is 13.1 Å². The fourth-order valence-electron chi connectivity index (χ4n) is 3.29. The van der Waals surface area contributed by atoms with Crippen LogP contribution in [0.5, 0.6) is 0 Å². The number of aryl methyl sites for hydroxylation is 2. The molecule has 1 unspecified atom stereocenters. The Hall–Kier alpha value is -1.91. The van der Waals surface area contributed by atoms with Crippen LogP contribution in [0.2, 0.25) is 0 Å². The monoisotopic (exact) mass is 425 g/mol. The number of piperidine rings is 1. The molecule has 8 nitrogen and oxygen atoms in total. The number of hydrogen-bond donors (Lipinski definition) is 0. The maximum atomic E-state index is 12.9. The Morgan fingerprint density at radius 2 is 2.14 bits per heavy atom. The molecule has 2 aromatic rings. The fourth-order valence-corrected chi connectivity index (χ4v) is 6.07. The molecule has 1 aliphatic heterocycles. The van der Waals surface area contributed by atoms with Crippen molar-refractivity contribution in [2.24, 2.45) is 5.92 Å². The third kappa shape index (κ3) is 4.23. The van der Waals surface area contributed by atoms with Gasteiger partial charge in [-0.3, -0.25) is 10.1 Å². The number of nitro groups is 1. The molecule has 10 heteroatoms. The van der Waals surface area contributed by atoms with Crippen LogP contribution in [0.1, 0.15) is 36.8 Å². The van der Waals surface area contributed by atoms with Crippen LogP contribution in [0.4, 0.5) is 5.69 Å². The zero-order valence-corrected chi connectivity index (χ0v) is 17.7. The number of sulfonamides is 1. The number of rotatable bonds is 6. The molecule has 1 fully saturated rings. The normalized spacial score (nSPS) is 18.3. The van der Waals surface area contributed by atoms with E-state index in [2.05, 4.69) is 5.16 Å². The van der Waals surface area contributed by atoms with Crippen LogP contribution < -0.4 is 0 Å². The highest BCUT2D eigenvalue weighted by molar-refractivity contribution is 7.98. The van der Waals surface area contributed by atoms with Gasteiger partial charge in [0.1, 0.15) is 5.76 Å². The van der Waals surface area contributed by atoms with Crippen LogP contribution in [0, 0.1) is 29.9 Å². The molecule has 0 spiro atoms. The summed E-state index contributed by atoms with van der Waals surface area (Å²) in [6.07, 6.45) is 1.79. The van der Waals surface area contributed by atoms with Crippen LogP contribution in [-0.2, 0) is 15.8 Å². The Bertz CT molecular complexity index is 968. The standard InChI is InChI=1S/C18H23N3O5S2/c1-12-5-4-8-20(10-12)28(24,25)15-6-7-18(17(9-15)21(22)23)27-11-16-13(2)19-26-14(16)3/h6-7,9,12H,4-5,8,10-11H2,1-3H3. The minimum absolute atomic E-state index is 0.0324. The summed E-state index contributed by atoms with van der Waals surface area (Å²) >= 11 is 1.27. The molecule has 28 heavy (non-hydrogen) atoms. The van der Waals surface area contributed by atoms with Gasteiger partial charge in [0.05, 0.1) is 20.4 Å². The average molecular weight is 426 g/mol. The van der Waals surface area contributed by atoms with Gasteiger partial charge in [-0.05, 0) is 44.7 Å². The number of hydrogen-bond acceptors (Lipinski definition) is 7. The zero-order chi connectivity index (χ0) is 20.5. The summed E-state index contributed by atoms with van der Waals surface area (Å²) in [4.78, 5) is 11.4. The van der Waals surface area contributed by atoms with E-state index in [-0.39, 0.29) is 16.5 Å². The van der Waals surface area contributed by atoms with E-state index in [4.69, 9.17) is 4.52 Å². The third-order valence-corrected chi connectivity index (χ3v) is 7.89. The molecule has 1 atom stereocenters. The van der Waals surface area contributed by atoms with E-state index in [0.717, 1.165) is 24.1 Å². The average Bonchev–Trinajstić information content (AvgIpc) is 2.97. The van der Waals surface area contributed by atoms with Crippen molar-refractivity contribution >= 4 is 27.5 Å². The second-order valence-corrected chi connectivity index (χ2v) is 10.0. The van der Waals surface area contributed by atoms with Crippen molar-refractivity contribution < 1.29 is 17.9 Å². The number of nitrogens with zero attached hydrogens (tertiary/aromatic N) is 3. The summed E-state index contributed by atoms with van der Waals surface area (Å²) < 4.78 is 32.4. The lowest BCUT2D eigenvalue weighted by Gasteiger charge is -2.30. The molecule has 1 aromatic heterocycles. The van der Waals surface area contributed by atoms with Crippen molar-refractivity contribution in [2.45, 2.75) is 49.2 Å². The van der Waals surface area contributed by atoms with Crippen molar-refractivity contribution in [3.8, 4) is 0 Å². The molecule has 1 aliphatic rings. The fraction of sp³-hybridized carbons (Fsp3) is 0.500. The summed E-state index contributed by atoms with van der Waals surface area (Å²) in [5.74, 6) is 1.41. The van der Waals surface area contributed by atoms with Gasteiger partial charge in [0.15, 0.2) is 0 Å². The molecule has 0 N–H and O–H groups in total. The van der Waals surface area contributed by atoms with Crippen LogP contribution in [0.3, 0.4) is 0 Å². The molecule has 1 saturated heterocycles. The van der Waals surface area contributed by atoms with E-state index < -0.39 is 14.9 Å². The lowest BCUT2D eigenvalue weighted by Crippen LogP contribution is -2.39. The SMILES string of the molecule is Cc1noc(C)c1CSc1ccc(S(=O)(=O)N2CCCC(C)C2)cc1[N+](=O)[O-]. The number of thioether (sulfide) groups is 1. The van der Waals surface area contributed by atoms with Crippen LogP contribution in [-0.4, -0.2) is 35.9 Å². The molecule has 2 heterocycles. The molecule has 0 saturated carbocycles. The second kappa shape index (κ2) is 8.22. The topological polar surface area (TPSA) is 107 Å². The van der Waals surface area contributed by atoms with Gasteiger partial charge in [-0.1, -0.05) is 12.1 Å². The molecular weight excluding hydrogens is 402 g/mol.